The predicted octanol–water partition coefficient (Wildman–Crippen LogP) is 5.74. The summed E-state index contributed by atoms with van der Waals surface area (Å²) in [6.45, 7) is 9.35. The van der Waals surface area contributed by atoms with Gasteiger partial charge in [-0.15, -0.1) is 0 Å². The van der Waals surface area contributed by atoms with Gasteiger partial charge in [0, 0.05) is 0 Å². The molecule has 0 nitrogen and oxygen atoms in total. The van der Waals surface area contributed by atoms with Gasteiger partial charge >= 0.3 is 0 Å². The van der Waals surface area contributed by atoms with E-state index in [0.717, 1.165) is 17.8 Å². The first-order valence-corrected chi connectivity index (χ1v) is 7.67. The van der Waals surface area contributed by atoms with Crippen LogP contribution in [0.5, 0.6) is 0 Å². The van der Waals surface area contributed by atoms with Crippen LogP contribution in [0.15, 0.2) is 24.3 Å². The third-order valence-corrected chi connectivity index (χ3v) is 4.71. The Morgan fingerprint density at radius 3 is 2.50 bits per heavy atom. The molecule has 0 spiro atoms. The fourth-order valence-electron chi connectivity index (χ4n) is 3.31. The van der Waals surface area contributed by atoms with E-state index in [1.54, 1.807) is 5.56 Å². The zero-order valence-corrected chi connectivity index (χ0v) is 12.4. The van der Waals surface area contributed by atoms with E-state index in [2.05, 4.69) is 52.0 Å². The van der Waals surface area contributed by atoms with Crippen molar-refractivity contribution in [2.24, 2.45) is 11.8 Å². The molecule has 1 aliphatic carbocycles. The Kier molecular flexibility index (Phi) is 4.48. The number of benzene rings is 1. The van der Waals surface area contributed by atoms with Gasteiger partial charge in [0.05, 0.1) is 0 Å². The Morgan fingerprint density at radius 2 is 1.83 bits per heavy atom. The molecule has 2 unspecified atom stereocenters. The van der Waals surface area contributed by atoms with Crippen LogP contribution in [0, 0.1) is 11.8 Å². The van der Waals surface area contributed by atoms with Gasteiger partial charge in [-0.25, -0.2) is 0 Å². The van der Waals surface area contributed by atoms with Crippen molar-refractivity contribution < 1.29 is 0 Å². The van der Waals surface area contributed by atoms with Crippen molar-refractivity contribution >= 4 is 0 Å². The summed E-state index contributed by atoms with van der Waals surface area (Å²) in [5, 5.41) is 0. The Bertz CT molecular complexity index is 375. The van der Waals surface area contributed by atoms with Crippen LogP contribution in [0.2, 0.25) is 0 Å². The minimum Gasteiger partial charge on any atom is -0.0625 e. The minimum absolute atomic E-state index is 0.648. The van der Waals surface area contributed by atoms with Crippen LogP contribution in [0.3, 0.4) is 0 Å². The molecular formula is C18H28. The summed E-state index contributed by atoms with van der Waals surface area (Å²) in [6.07, 6.45) is 5.65. The highest BCUT2D eigenvalue weighted by Crippen LogP contribution is 2.39. The van der Waals surface area contributed by atoms with Gasteiger partial charge in [-0.2, -0.15) is 0 Å². The molecular weight excluding hydrogens is 216 g/mol. The second kappa shape index (κ2) is 5.91. The summed E-state index contributed by atoms with van der Waals surface area (Å²) in [6, 6.07) is 9.33. The van der Waals surface area contributed by atoms with E-state index in [4.69, 9.17) is 0 Å². The van der Waals surface area contributed by atoms with Gasteiger partial charge in [-0.1, -0.05) is 64.8 Å². The van der Waals surface area contributed by atoms with Crippen molar-refractivity contribution in [3.8, 4) is 0 Å². The second-order valence-corrected chi connectivity index (χ2v) is 6.69. The molecule has 1 aromatic carbocycles. The minimum atomic E-state index is 0.648. The molecule has 1 saturated carbocycles. The van der Waals surface area contributed by atoms with E-state index in [1.807, 2.05) is 0 Å². The van der Waals surface area contributed by atoms with Gasteiger partial charge in [0.2, 0.25) is 0 Å². The Balaban J connectivity index is 2.13. The molecule has 0 heteroatoms. The van der Waals surface area contributed by atoms with Crippen LogP contribution >= 0.6 is 0 Å². The topological polar surface area (TPSA) is 0 Å². The molecule has 18 heavy (non-hydrogen) atoms. The zero-order chi connectivity index (χ0) is 13.1. The average Bonchev–Trinajstić information content (AvgIpc) is 2.39. The lowest BCUT2D eigenvalue weighted by atomic mass is 9.73. The molecule has 0 N–H and O–H groups in total. The van der Waals surface area contributed by atoms with E-state index >= 15 is 0 Å². The average molecular weight is 244 g/mol. The van der Waals surface area contributed by atoms with Crippen molar-refractivity contribution in [1.82, 2.24) is 0 Å². The van der Waals surface area contributed by atoms with Crippen LogP contribution in [-0.2, 0) is 0 Å². The van der Waals surface area contributed by atoms with Crippen LogP contribution in [0.1, 0.15) is 76.3 Å². The van der Waals surface area contributed by atoms with Gasteiger partial charge in [0.25, 0.3) is 0 Å². The molecule has 0 saturated heterocycles. The highest BCUT2D eigenvalue weighted by atomic mass is 14.3. The normalized spacial score (nSPS) is 24.8. The van der Waals surface area contributed by atoms with Crippen LogP contribution in [0.4, 0.5) is 0 Å². The van der Waals surface area contributed by atoms with Crippen LogP contribution in [-0.4, -0.2) is 0 Å². The molecule has 0 aliphatic heterocycles. The number of hydrogen-bond acceptors (Lipinski definition) is 0. The Labute approximate surface area is 113 Å². The number of rotatable bonds is 3. The summed E-state index contributed by atoms with van der Waals surface area (Å²) < 4.78 is 0. The standard InChI is InChI=1S/C18H28/c1-13(2)15-7-5-9-17(11-15)18-10-6-8-16(12-18)14(3)4/h5,7,9,11,13-14,16,18H,6,8,10,12H2,1-4H3. The maximum atomic E-state index is 2.46. The maximum Gasteiger partial charge on any atom is -0.0159 e. The quantitative estimate of drug-likeness (QED) is 0.636. The fourth-order valence-corrected chi connectivity index (χ4v) is 3.31. The third-order valence-electron chi connectivity index (χ3n) is 4.71. The SMILES string of the molecule is CC(C)c1cccc(C2CCCC(C(C)C)C2)c1. The lowest BCUT2D eigenvalue weighted by Crippen LogP contribution is -2.18. The highest BCUT2D eigenvalue weighted by molar-refractivity contribution is 5.28. The molecule has 0 aromatic heterocycles. The predicted molar refractivity (Wildman–Crippen MR) is 80.1 cm³/mol. The molecule has 0 radical (unpaired) electrons. The summed E-state index contributed by atoms with van der Waals surface area (Å²) in [7, 11) is 0. The summed E-state index contributed by atoms with van der Waals surface area (Å²) >= 11 is 0. The van der Waals surface area contributed by atoms with Crippen molar-refractivity contribution in [1.29, 1.82) is 0 Å². The summed E-state index contributed by atoms with van der Waals surface area (Å²) in [5.74, 6) is 3.24. The van der Waals surface area contributed by atoms with Gasteiger partial charge in [0.1, 0.15) is 0 Å². The van der Waals surface area contributed by atoms with Gasteiger partial charge < -0.3 is 0 Å². The van der Waals surface area contributed by atoms with E-state index in [0.29, 0.717) is 5.92 Å². The van der Waals surface area contributed by atoms with Crippen LogP contribution in [0.25, 0.3) is 0 Å². The first-order valence-electron chi connectivity index (χ1n) is 7.67. The van der Waals surface area contributed by atoms with Crippen LogP contribution < -0.4 is 0 Å². The lowest BCUT2D eigenvalue weighted by molar-refractivity contribution is 0.254. The number of hydrogen-bond donors (Lipinski definition) is 0. The highest BCUT2D eigenvalue weighted by Gasteiger charge is 2.25. The van der Waals surface area contributed by atoms with Crippen molar-refractivity contribution in [2.45, 2.75) is 65.2 Å². The largest absolute Gasteiger partial charge is 0.0625 e. The van der Waals surface area contributed by atoms with E-state index in [-0.39, 0.29) is 0 Å². The first-order chi connectivity index (χ1) is 8.58. The van der Waals surface area contributed by atoms with Crippen molar-refractivity contribution in [3.63, 3.8) is 0 Å². The second-order valence-electron chi connectivity index (χ2n) is 6.69. The molecule has 1 aromatic rings. The van der Waals surface area contributed by atoms with E-state index < -0.39 is 0 Å². The van der Waals surface area contributed by atoms with Crippen molar-refractivity contribution in [3.05, 3.63) is 35.4 Å². The Morgan fingerprint density at radius 1 is 1.06 bits per heavy atom. The van der Waals surface area contributed by atoms with E-state index in [1.165, 1.54) is 31.2 Å². The Hall–Kier alpha value is -0.780. The zero-order valence-electron chi connectivity index (χ0n) is 12.4. The van der Waals surface area contributed by atoms with Crippen molar-refractivity contribution in [2.75, 3.05) is 0 Å². The fraction of sp³-hybridized carbons (Fsp3) is 0.667. The first kappa shape index (κ1) is 13.6. The molecule has 2 rings (SSSR count). The molecule has 1 aliphatic rings. The summed E-state index contributed by atoms with van der Waals surface area (Å²) in [4.78, 5) is 0. The monoisotopic (exact) mass is 244 g/mol. The molecule has 0 bridgehead atoms. The molecule has 100 valence electrons. The van der Waals surface area contributed by atoms with Gasteiger partial charge in [-0.05, 0) is 47.6 Å². The molecule has 1 fully saturated rings. The van der Waals surface area contributed by atoms with E-state index in [9.17, 15) is 0 Å². The molecule has 0 heterocycles. The summed E-state index contributed by atoms with van der Waals surface area (Å²) in [5.41, 5.74) is 3.09. The van der Waals surface area contributed by atoms with Gasteiger partial charge in [0.15, 0.2) is 0 Å². The maximum absolute atomic E-state index is 2.46. The lowest BCUT2D eigenvalue weighted by Gasteiger charge is -2.32. The molecule has 0 amide bonds. The smallest absolute Gasteiger partial charge is 0.0159 e. The van der Waals surface area contributed by atoms with Gasteiger partial charge in [-0.3, -0.25) is 0 Å². The third kappa shape index (κ3) is 3.16. The molecule has 2 atom stereocenters.